The molecule has 0 spiro atoms. The third kappa shape index (κ3) is 2.70. The first-order chi connectivity index (χ1) is 10.1. The summed E-state index contributed by atoms with van der Waals surface area (Å²) in [4.78, 5) is 17.0. The summed E-state index contributed by atoms with van der Waals surface area (Å²) in [6.45, 7) is 2.21. The first kappa shape index (κ1) is 13.5. The summed E-state index contributed by atoms with van der Waals surface area (Å²) in [7, 11) is 0. The number of ether oxygens (including phenoxy) is 1. The summed E-state index contributed by atoms with van der Waals surface area (Å²) in [6.07, 6.45) is 0. The number of aromatic carboxylic acids is 1. The highest BCUT2D eigenvalue weighted by Crippen LogP contribution is 2.19. The number of hydrogen-bond acceptors (Lipinski definition) is 5. The molecule has 0 unspecified atom stereocenters. The average Bonchev–Trinajstić information content (AvgIpc) is 2.93. The molecule has 1 fully saturated rings. The van der Waals surface area contributed by atoms with Gasteiger partial charge in [-0.15, -0.1) is 5.10 Å². The number of aromatic nitrogens is 3. The minimum absolute atomic E-state index is 0.319. The molecule has 21 heavy (non-hydrogen) atoms. The number of nitrogens with zero attached hydrogens (tertiary/aromatic N) is 4. The fraction of sp³-hybridized carbons (Fsp3) is 0.308. The zero-order valence-corrected chi connectivity index (χ0v) is 11.1. The average molecular weight is 292 g/mol. The third-order valence-electron chi connectivity index (χ3n) is 3.13. The zero-order chi connectivity index (χ0) is 14.8. The third-order valence-corrected chi connectivity index (χ3v) is 3.13. The summed E-state index contributed by atoms with van der Waals surface area (Å²) in [5.74, 6) is -1.59. The van der Waals surface area contributed by atoms with Crippen LogP contribution in [0.2, 0.25) is 0 Å². The molecule has 1 aromatic heterocycles. The molecule has 7 nitrogen and oxygen atoms in total. The molecular formula is C13H13FN4O3. The maximum absolute atomic E-state index is 13.4. The normalized spacial score (nSPS) is 15.2. The van der Waals surface area contributed by atoms with E-state index in [-0.39, 0.29) is 5.82 Å². The van der Waals surface area contributed by atoms with Gasteiger partial charge in [0.15, 0.2) is 0 Å². The number of hydrogen-bond donors (Lipinski definition) is 1. The van der Waals surface area contributed by atoms with Crippen LogP contribution in [0.15, 0.2) is 24.3 Å². The summed E-state index contributed by atoms with van der Waals surface area (Å²) in [5, 5.41) is 13.0. The van der Waals surface area contributed by atoms with Crippen LogP contribution in [-0.2, 0) is 4.74 Å². The largest absolute Gasteiger partial charge is 0.475 e. The van der Waals surface area contributed by atoms with Gasteiger partial charge in [0.1, 0.15) is 5.82 Å². The second-order valence-electron chi connectivity index (χ2n) is 4.53. The van der Waals surface area contributed by atoms with Crippen molar-refractivity contribution in [1.82, 2.24) is 14.8 Å². The minimum atomic E-state index is -1.22. The lowest BCUT2D eigenvalue weighted by atomic mass is 10.3. The van der Waals surface area contributed by atoms with Gasteiger partial charge in [-0.2, -0.15) is 9.67 Å². The lowest BCUT2D eigenvalue weighted by molar-refractivity contribution is 0.0683. The Labute approximate surface area is 119 Å². The highest BCUT2D eigenvalue weighted by Gasteiger charge is 2.23. The molecule has 0 atom stereocenters. The molecule has 3 rings (SSSR count). The fourth-order valence-corrected chi connectivity index (χ4v) is 2.14. The summed E-state index contributed by atoms with van der Waals surface area (Å²) >= 11 is 0. The molecular weight excluding hydrogens is 279 g/mol. The van der Waals surface area contributed by atoms with Gasteiger partial charge in [-0.05, 0) is 18.2 Å². The number of rotatable bonds is 3. The molecule has 1 aliphatic rings. The molecule has 1 aromatic carbocycles. The fourth-order valence-electron chi connectivity index (χ4n) is 2.14. The van der Waals surface area contributed by atoms with E-state index in [9.17, 15) is 9.18 Å². The van der Waals surface area contributed by atoms with Gasteiger partial charge in [0.05, 0.1) is 18.9 Å². The lowest BCUT2D eigenvalue weighted by Gasteiger charge is -2.27. The summed E-state index contributed by atoms with van der Waals surface area (Å²) in [6, 6.07) is 5.78. The molecule has 8 heteroatoms. The van der Waals surface area contributed by atoms with Gasteiger partial charge in [0, 0.05) is 13.1 Å². The number of anilines is 1. The van der Waals surface area contributed by atoms with Crippen molar-refractivity contribution in [3.8, 4) is 5.69 Å². The van der Waals surface area contributed by atoms with Gasteiger partial charge in [0.2, 0.25) is 5.95 Å². The van der Waals surface area contributed by atoms with Gasteiger partial charge in [0.25, 0.3) is 5.82 Å². The van der Waals surface area contributed by atoms with Crippen LogP contribution in [0.1, 0.15) is 10.6 Å². The van der Waals surface area contributed by atoms with Crippen LogP contribution in [0.25, 0.3) is 5.69 Å². The molecule has 2 aromatic rings. The Morgan fingerprint density at radius 3 is 2.76 bits per heavy atom. The van der Waals surface area contributed by atoms with E-state index in [1.807, 2.05) is 4.90 Å². The van der Waals surface area contributed by atoms with E-state index in [2.05, 4.69) is 10.1 Å². The first-order valence-electron chi connectivity index (χ1n) is 6.44. The quantitative estimate of drug-likeness (QED) is 0.907. The molecule has 2 heterocycles. The number of halogens is 1. The number of benzene rings is 1. The lowest BCUT2D eigenvalue weighted by Crippen LogP contribution is -2.38. The van der Waals surface area contributed by atoms with E-state index in [0.29, 0.717) is 37.9 Å². The van der Waals surface area contributed by atoms with Crippen LogP contribution < -0.4 is 4.90 Å². The molecule has 0 radical (unpaired) electrons. The Morgan fingerprint density at radius 1 is 1.33 bits per heavy atom. The number of carboxylic acid groups (broad SMARTS) is 1. The second-order valence-corrected chi connectivity index (χ2v) is 4.53. The van der Waals surface area contributed by atoms with Gasteiger partial charge in [-0.3, -0.25) is 0 Å². The van der Waals surface area contributed by atoms with Crippen molar-refractivity contribution in [3.63, 3.8) is 0 Å². The van der Waals surface area contributed by atoms with E-state index < -0.39 is 11.8 Å². The predicted octanol–water partition coefficient (Wildman–Crippen LogP) is 0.941. The van der Waals surface area contributed by atoms with E-state index in [1.165, 1.54) is 22.9 Å². The number of morpholine rings is 1. The van der Waals surface area contributed by atoms with Crippen molar-refractivity contribution < 1.29 is 19.0 Å². The highest BCUT2D eigenvalue weighted by atomic mass is 19.1. The molecule has 110 valence electrons. The SMILES string of the molecule is O=C(O)c1nc(N2CCOCC2)n(-c2cccc(F)c2)n1. The van der Waals surface area contributed by atoms with E-state index in [0.717, 1.165) is 0 Å². The van der Waals surface area contributed by atoms with Crippen molar-refractivity contribution in [2.75, 3.05) is 31.2 Å². The van der Waals surface area contributed by atoms with Gasteiger partial charge in [-0.1, -0.05) is 6.07 Å². The van der Waals surface area contributed by atoms with Crippen molar-refractivity contribution in [2.45, 2.75) is 0 Å². The van der Waals surface area contributed by atoms with Gasteiger partial charge < -0.3 is 14.7 Å². The van der Waals surface area contributed by atoms with Crippen LogP contribution in [0.4, 0.5) is 10.3 Å². The Morgan fingerprint density at radius 2 is 2.10 bits per heavy atom. The molecule has 1 N–H and O–H groups in total. The Kier molecular flexibility index (Phi) is 3.53. The Bertz CT molecular complexity index is 667. The van der Waals surface area contributed by atoms with Crippen molar-refractivity contribution in [1.29, 1.82) is 0 Å². The van der Waals surface area contributed by atoms with Crippen LogP contribution in [-0.4, -0.2) is 52.1 Å². The maximum atomic E-state index is 13.4. The first-order valence-corrected chi connectivity index (χ1v) is 6.44. The van der Waals surface area contributed by atoms with Gasteiger partial charge >= 0.3 is 5.97 Å². The monoisotopic (exact) mass is 292 g/mol. The molecule has 1 aliphatic heterocycles. The maximum Gasteiger partial charge on any atom is 0.375 e. The summed E-state index contributed by atoms with van der Waals surface area (Å²) in [5.41, 5.74) is 0.427. The number of carbonyl (C=O) groups is 1. The Hall–Kier alpha value is -2.48. The van der Waals surface area contributed by atoms with E-state index in [4.69, 9.17) is 9.84 Å². The minimum Gasteiger partial charge on any atom is -0.475 e. The van der Waals surface area contributed by atoms with Crippen molar-refractivity contribution in [2.24, 2.45) is 0 Å². The predicted molar refractivity (Wildman–Crippen MR) is 71.3 cm³/mol. The summed E-state index contributed by atoms with van der Waals surface area (Å²) < 4.78 is 20.0. The van der Waals surface area contributed by atoms with Crippen LogP contribution in [0.5, 0.6) is 0 Å². The van der Waals surface area contributed by atoms with E-state index in [1.54, 1.807) is 6.07 Å². The molecule has 0 saturated carbocycles. The van der Waals surface area contributed by atoms with Gasteiger partial charge in [-0.25, -0.2) is 9.18 Å². The molecule has 0 bridgehead atoms. The van der Waals surface area contributed by atoms with Crippen molar-refractivity contribution >= 4 is 11.9 Å². The molecule has 1 saturated heterocycles. The Balaban J connectivity index is 2.06. The molecule has 0 aliphatic carbocycles. The van der Waals surface area contributed by atoms with E-state index >= 15 is 0 Å². The smallest absolute Gasteiger partial charge is 0.375 e. The number of carboxylic acids is 1. The zero-order valence-electron chi connectivity index (χ0n) is 11.1. The second kappa shape index (κ2) is 5.49. The molecule has 0 amide bonds. The van der Waals surface area contributed by atoms with Crippen LogP contribution >= 0.6 is 0 Å². The van der Waals surface area contributed by atoms with Crippen LogP contribution in [0.3, 0.4) is 0 Å². The van der Waals surface area contributed by atoms with Crippen molar-refractivity contribution in [3.05, 3.63) is 35.9 Å². The van der Waals surface area contributed by atoms with Crippen LogP contribution in [0, 0.1) is 5.82 Å². The highest BCUT2D eigenvalue weighted by molar-refractivity contribution is 5.83. The standard InChI is InChI=1S/C13H13FN4O3/c14-9-2-1-3-10(8-9)18-13(15-11(16-18)12(19)20)17-4-6-21-7-5-17/h1-3,8H,4-7H2,(H,19,20). The topological polar surface area (TPSA) is 80.5 Å².